The van der Waals surface area contributed by atoms with Crippen LogP contribution in [0.2, 0.25) is 0 Å². The van der Waals surface area contributed by atoms with Gasteiger partial charge in [0.25, 0.3) is 0 Å². The Kier molecular flexibility index (Phi) is 3.65. The van der Waals surface area contributed by atoms with Gasteiger partial charge < -0.3 is 19.7 Å². The van der Waals surface area contributed by atoms with Crippen molar-refractivity contribution < 1.29 is 24.5 Å². The van der Waals surface area contributed by atoms with Gasteiger partial charge in [-0.2, -0.15) is 0 Å². The lowest BCUT2D eigenvalue weighted by atomic mass is 10.2. The third kappa shape index (κ3) is 2.65. The molecule has 1 saturated carbocycles. The third-order valence-corrected chi connectivity index (χ3v) is 2.17. The summed E-state index contributed by atoms with van der Waals surface area (Å²) in [6.07, 6.45) is -0.992. The van der Waals surface area contributed by atoms with E-state index in [1.165, 1.54) is 7.11 Å². The van der Waals surface area contributed by atoms with E-state index in [4.69, 9.17) is 9.84 Å². The van der Waals surface area contributed by atoms with E-state index < -0.39 is 24.3 Å². The molecular formula is C8H14O5. The average molecular weight is 190 g/mol. The van der Waals surface area contributed by atoms with Gasteiger partial charge in [-0.15, -0.1) is 0 Å². The van der Waals surface area contributed by atoms with Gasteiger partial charge >= 0.3 is 5.97 Å². The molecule has 76 valence electrons. The van der Waals surface area contributed by atoms with E-state index >= 15 is 0 Å². The van der Waals surface area contributed by atoms with Crippen LogP contribution in [0, 0.1) is 0 Å². The highest BCUT2D eigenvalue weighted by molar-refractivity contribution is 5.70. The summed E-state index contributed by atoms with van der Waals surface area (Å²) in [7, 11) is 1.27. The molecule has 0 aromatic carbocycles. The van der Waals surface area contributed by atoms with Crippen molar-refractivity contribution in [2.24, 2.45) is 0 Å². The highest BCUT2D eigenvalue weighted by Crippen LogP contribution is 2.22. The minimum Gasteiger partial charge on any atom is -0.467 e. The van der Waals surface area contributed by atoms with Crippen LogP contribution in [0.1, 0.15) is 12.8 Å². The van der Waals surface area contributed by atoms with Crippen LogP contribution in [0.15, 0.2) is 0 Å². The summed E-state index contributed by atoms with van der Waals surface area (Å²) in [5.41, 5.74) is 0. The maximum absolute atomic E-state index is 10.7. The van der Waals surface area contributed by atoms with Gasteiger partial charge in [0.2, 0.25) is 0 Å². The Balaban J connectivity index is 2.26. The predicted molar refractivity (Wildman–Crippen MR) is 43.0 cm³/mol. The van der Waals surface area contributed by atoms with E-state index in [1.807, 2.05) is 0 Å². The topological polar surface area (TPSA) is 76.0 Å². The third-order valence-electron chi connectivity index (χ3n) is 2.17. The normalized spacial score (nSPS) is 33.3. The van der Waals surface area contributed by atoms with Crippen molar-refractivity contribution in [1.82, 2.24) is 0 Å². The number of aliphatic hydroxyl groups excluding tert-OH is 2. The molecule has 5 heteroatoms. The number of hydrogen-bond donors (Lipinski definition) is 2. The molecule has 0 amide bonds. The summed E-state index contributed by atoms with van der Waals surface area (Å²) >= 11 is 0. The van der Waals surface area contributed by atoms with Crippen LogP contribution in [0.4, 0.5) is 0 Å². The highest BCUT2D eigenvalue weighted by atomic mass is 16.6. The Morgan fingerprint density at radius 3 is 2.62 bits per heavy atom. The molecule has 3 atom stereocenters. The fraction of sp³-hybridized carbons (Fsp3) is 0.875. The van der Waals surface area contributed by atoms with E-state index in [-0.39, 0.29) is 6.61 Å². The lowest BCUT2D eigenvalue weighted by Crippen LogP contribution is -2.32. The average Bonchev–Trinajstić information content (AvgIpc) is 2.44. The Morgan fingerprint density at radius 2 is 2.15 bits per heavy atom. The lowest BCUT2D eigenvalue weighted by molar-refractivity contribution is -0.150. The number of hydrogen-bond acceptors (Lipinski definition) is 5. The zero-order valence-corrected chi connectivity index (χ0v) is 7.47. The molecule has 0 saturated heterocycles. The van der Waals surface area contributed by atoms with Crippen LogP contribution in [0.3, 0.4) is 0 Å². The van der Waals surface area contributed by atoms with Crippen LogP contribution >= 0.6 is 0 Å². The Morgan fingerprint density at radius 1 is 1.46 bits per heavy atom. The van der Waals surface area contributed by atoms with Crippen molar-refractivity contribution in [1.29, 1.82) is 0 Å². The van der Waals surface area contributed by atoms with Gasteiger partial charge in [-0.25, -0.2) is 4.79 Å². The van der Waals surface area contributed by atoms with Gasteiger partial charge in [0.15, 0.2) is 0 Å². The van der Waals surface area contributed by atoms with Crippen LogP contribution in [0.5, 0.6) is 0 Å². The second-order valence-electron chi connectivity index (χ2n) is 3.06. The van der Waals surface area contributed by atoms with Gasteiger partial charge in [-0.3, -0.25) is 0 Å². The number of ether oxygens (including phenoxy) is 2. The van der Waals surface area contributed by atoms with Gasteiger partial charge in [-0.05, 0) is 12.8 Å². The molecule has 2 N–H and O–H groups in total. The summed E-state index contributed by atoms with van der Waals surface area (Å²) < 4.78 is 9.42. The number of methoxy groups -OCH3 is 1. The summed E-state index contributed by atoms with van der Waals surface area (Å²) in [6.45, 7) is -0.176. The molecule has 0 unspecified atom stereocenters. The van der Waals surface area contributed by atoms with Crippen molar-refractivity contribution in [3.05, 3.63) is 0 Å². The van der Waals surface area contributed by atoms with E-state index in [0.717, 1.165) is 0 Å². The molecule has 0 aromatic heterocycles. The molecule has 1 aliphatic rings. The molecule has 0 aliphatic heterocycles. The van der Waals surface area contributed by atoms with Gasteiger partial charge in [0.05, 0.1) is 19.3 Å². The SMILES string of the molecule is COC(=O)CO[C@H]1CC[C@H](O)[C@@H]1O. The summed E-state index contributed by atoms with van der Waals surface area (Å²) in [5, 5.41) is 18.5. The number of esters is 1. The number of carbonyl (C=O) groups excluding carboxylic acids is 1. The van der Waals surface area contributed by atoms with Crippen LogP contribution < -0.4 is 0 Å². The van der Waals surface area contributed by atoms with Crippen molar-refractivity contribution in [3.63, 3.8) is 0 Å². The number of carbonyl (C=O) groups is 1. The maximum atomic E-state index is 10.7. The quantitative estimate of drug-likeness (QED) is 0.562. The summed E-state index contributed by atoms with van der Waals surface area (Å²) in [5.74, 6) is -0.478. The van der Waals surface area contributed by atoms with E-state index in [9.17, 15) is 9.90 Å². The fourth-order valence-electron chi connectivity index (χ4n) is 1.34. The highest BCUT2D eigenvalue weighted by Gasteiger charge is 2.34. The zero-order chi connectivity index (χ0) is 9.84. The van der Waals surface area contributed by atoms with Crippen molar-refractivity contribution in [2.45, 2.75) is 31.2 Å². The number of aliphatic hydroxyl groups is 2. The smallest absolute Gasteiger partial charge is 0.331 e. The van der Waals surface area contributed by atoms with E-state index in [1.54, 1.807) is 0 Å². The summed E-state index contributed by atoms with van der Waals surface area (Å²) in [4.78, 5) is 10.7. The molecule has 1 aliphatic carbocycles. The second-order valence-corrected chi connectivity index (χ2v) is 3.06. The largest absolute Gasteiger partial charge is 0.467 e. The Bertz CT molecular complexity index is 181. The van der Waals surface area contributed by atoms with Crippen molar-refractivity contribution in [2.75, 3.05) is 13.7 Å². The van der Waals surface area contributed by atoms with Crippen molar-refractivity contribution >= 4 is 5.97 Å². The first-order chi connectivity index (χ1) is 6.15. The van der Waals surface area contributed by atoms with E-state index in [2.05, 4.69) is 4.74 Å². The number of rotatable bonds is 3. The van der Waals surface area contributed by atoms with E-state index in [0.29, 0.717) is 12.8 Å². The first-order valence-electron chi connectivity index (χ1n) is 4.19. The Labute approximate surface area is 76.3 Å². The first-order valence-corrected chi connectivity index (χ1v) is 4.19. The maximum Gasteiger partial charge on any atom is 0.331 e. The Hall–Kier alpha value is -0.650. The van der Waals surface area contributed by atoms with Crippen molar-refractivity contribution in [3.8, 4) is 0 Å². The minimum atomic E-state index is -0.885. The summed E-state index contributed by atoms with van der Waals surface area (Å²) in [6, 6.07) is 0. The lowest BCUT2D eigenvalue weighted by Gasteiger charge is -2.16. The zero-order valence-electron chi connectivity index (χ0n) is 7.47. The first kappa shape index (κ1) is 10.4. The standard InChI is InChI=1S/C8H14O5/c1-12-7(10)4-13-6-3-2-5(9)8(6)11/h5-6,8-9,11H,2-4H2,1H3/t5-,6-,8-/m0/s1. The molecule has 0 spiro atoms. The monoisotopic (exact) mass is 190 g/mol. The van der Waals surface area contributed by atoms with Crippen LogP contribution in [-0.4, -0.2) is 48.2 Å². The minimum absolute atomic E-state index is 0.176. The molecular weight excluding hydrogens is 176 g/mol. The van der Waals surface area contributed by atoms with Crippen LogP contribution in [0.25, 0.3) is 0 Å². The van der Waals surface area contributed by atoms with Gasteiger partial charge in [0.1, 0.15) is 12.7 Å². The fourth-order valence-corrected chi connectivity index (χ4v) is 1.34. The molecule has 5 nitrogen and oxygen atoms in total. The molecule has 0 radical (unpaired) electrons. The van der Waals surface area contributed by atoms with Crippen LogP contribution in [-0.2, 0) is 14.3 Å². The molecule has 0 heterocycles. The van der Waals surface area contributed by atoms with Gasteiger partial charge in [0, 0.05) is 0 Å². The molecule has 1 fully saturated rings. The predicted octanol–water partition coefficient (Wildman–Crippen LogP) is -0.940. The van der Waals surface area contributed by atoms with Gasteiger partial charge in [-0.1, -0.05) is 0 Å². The second kappa shape index (κ2) is 4.55. The molecule has 0 aromatic rings. The molecule has 13 heavy (non-hydrogen) atoms. The molecule has 0 bridgehead atoms. The molecule has 1 rings (SSSR count).